The maximum absolute atomic E-state index is 13.9. The van der Waals surface area contributed by atoms with Gasteiger partial charge in [0.15, 0.2) is 4.91 Å². The van der Waals surface area contributed by atoms with Crippen molar-refractivity contribution in [3.05, 3.63) is 63.9 Å². The minimum atomic E-state index is -4.09. The molecule has 0 atom stereocenters. The second-order valence-electron chi connectivity index (χ2n) is 6.36. The van der Waals surface area contributed by atoms with Gasteiger partial charge in [0.2, 0.25) is 9.84 Å². The van der Waals surface area contributed by atoms with Crippen molar-refractivity contribution in [2.45, 2.75) is 4.90 Å². The molecule has 9 heteroatoms. The van der Waals surface area contributed by atoms with Crippen molar-refractivity contribution in [3.8, 4) is 0 Å². The average Bonchev–Trinajstić information content (AvgIpc) is 2.68. The number of sulfone groups is 1. The zero-order valence-electron chi connectivity index (χ0n) is 14.6. The van der Waals surface area contributed by atoms with Gasteiger partial charge in [-0.1, -0.05) is 22.0 Å². The molecule has 6 nitrogen and oxygen atoms in total. The van der Waals surface area contributed by atoms with E-state index in [-0.39, 0.29) is 15.5 Å². The average molecular weight is 467 g/mol. The van der Waals surface area contributed by atoms with E-state index < -0.39 is 21.6 Å². The largest absolute Gasteiger partial charge is 0.378 e. The van der Waals surface area contributed by atoms with Crippen molar-refractivity contribution in [2.24, 2.45) is 0 Å². The van der Waals surface area contributed by atoms with E-state index in [0.29, 0.717) is 32.0 Å². The van der Waals surface area contributed by atoms with Gasteiger partial charge in [0.1, 0.15) is 5.82 Å². The lowest BCUT2D eigenvalue weighted by atomic mass is 10.2. The van der Waals surface area contributed by atoms with Crippen LogP contribution in [0.15, 0.2) is 62.9 Å². The second-order valence-corrected chi connectivity index (χ2v) is 9.17. The number of amides is 1. The van der Waals surface area contributed by atoms with Gasteiger partial charge in [-0.15, -0.1) is 0 Å². The van der Waals surface area contributed by atoms with Gasteiger partial charge in [-0.2, -0.15) is 0 Å². The molecule has 0 unspecified atom stereocenters. The molecule has 0 N–H and O–H groups in total. The van der Waals surface area contributed by atoms with E-state index >= 15 is 0 Å². The third-order valence-electron chi connectivity index (χ3n) is 4.60. The van der Waals surface area contributed by atoms with E-state index in [4.69, 9.17) is 4.74 Å². The van der Waals surface area contributed by atoms with Crippen molar-refractivity contribution in [3.63, 3.8) is 0 Å². The maximum atomic E-state index is 13.9. The third-order valence-corrected chi connectivity index (χ3v) is 6.88. The van der Waals surface area contributed by atoms with Crippen molar-refractivity contribution in [1.82, 2.24) is 4.90 Å². The van der Waals surface area contributed by atoms with E-state index in [1.54, 1.807) is 18.2 Å². The highest BCUT2D eigenvalue weighted by Crippen LogP contribution is 2.40. The van der Waals surface area contributed by atoms with Crippen LogP contribution in [0.25, 0.3) is 0 Å². The topological polar surface area (TPSA) is 66.9 Å². The van der Waals surface area contributed by atoms with Crippen LogP contribution in [-0.4, -0.2) is 45.5 Å². The lowest BCUT2D eigenvalue weighted by Crippen LogP contribution is -2.43. The second kappa shape index (κ2) is 7.31. The van der Waals surface area contributed by atoms with Gasteiger partial charge in [0, 0.05) is 29.4 Å². The minimum Gasteiger partial charge on any atom is -0.378 e. The highest BCUT2D eigenvalue weighted by Gasteiger charge is 2.38. The van der Waals surface area contributed by atoms with E-state index in [0.717, 1.165) is 16.6 Å². The molecular weight excluding hydrogens is 451 g/mol. The van der Waals surface area contributed by atoms with Crippen LogP contribution >= 0.6 is 15.9 Å². The Balaban J connectivity index is 1.88. The number of nitrogens with zero attached hydrogens (tertiary/aromatic N) is 2. The van der Waals surface area contributed by atoms with Crippen LogP contribution < -0.4 is 4.90 Å². The van der Waals surface area contributed by atoms with Gasteiger partial charge in [-0.25, -0.2) is 12.8 Å². The number of rotatable bonds is 2. The Morgan fingerprint density at radius 1 is 1.11 bits per heavy atom. The lowest BCUT2D eigenvalue weighted by Gasteiger charge is -2.32. The van der Waals surface area contributed by atoms with Gasteiger partial charge in [0.05, 0.1) is 23.8 Å². The van der Waals surface area contributed by atoms with Crippen LogP contribution in [0.1, 0.15) is 0 Å². The van der Waals surface area contributed by atoms with Crippen molar-refractivity contribution < 1.29 is 22.3 Å². The van der Waals surface area contributed by atoms with E-state index in [2.05, 4.69) is 15.9 Å². The molecule has 2 aliphatic rings. The number of halogens is 2. The van der Waals surface area contributed by atoms with Gasteiger partial charge in [-0.05, 0) is 36.4 Å². The summed E-state index contributed by atoms with van der Waals surface area (Å²) in [6, 6.07) is 10.5. The Morgan fingerprint density at radius 2 is 1.86 bits per heavy atom. The fourth-order valence-electron chi connectivity index (χ4n) is 3.21. The molecule has 2 aromatic carbocycles. The van der Waals surface area contributed by atoms with Gasteiger partial charge in [0.25, 0.3) is 5.91 Å². The number of ether oxygens (including phenoxy) is 1. The quantitative estimate of drug-likeness (QED) is 0.635. The molecule has 1 saturated heterocycles. The lowest BCUT2D eigenvalue weighted by molar-refractivity contribution is -0.130. The summed E-state index contributed by atoms with van der Waals surface area (Å²) in [5.74, 6) is -1.15. The molecule has 0 bridgehead atoms. The van der Waals surface area contributed by atoms with Crippen molar-refractivity contribution in [1.29, 1.82) is 0 Å². The molecule has 2 aromatic rings. The summed E-state index contributed by atoms with van der Waals surface area (Å²) in [5, 5.41) is 0. The van der Waals surface area contributed by atoms with Crippen LogP contribution in [-0.2, 0) is 19.4 Å². The highest BCUT2D eigenvalue weighted by molar-refractivity contribution is 9.10. The summed E-state index contributed by atoms with van der Waals surface area (Å²) < 4.78 is 46.2. The summed E-state index contributed by atoms with van der Waals surface area (Å²) in [6.45, 7) is 1.35. The Bertz CT molecular complexity index is 1080. The predicted molar refractivity (Wildman–Crippen MR) is 105 cm³/mol. The van der Waals surface area contributed by atoms with E-state index in [9.17, 15) is 17.6 Å². The normalized spacial score (nSPS) is 18.4. The van der Waals surface area contributed by atoms with Crippen LogP contribution in [0.4, 0.5) is 15.8 Å². The first-order chi connectivity index (χ1) is 13.4. The fourth-order valence-corrected chi connectivity index (χ4v) is 5.12. The Morgan fingerprint density at radius 3 is 2.57 bits per heavy atom. The summed E-state index contributed by atoms with van der Waals surface area (Å²) in [4.78, 5) is 15.5. The van der Waals surface area contributed by atoms with Crippen LogP contribution in [0.2, 0.25) is 0 Å². The number of benzene rings is 2. The minimum absolute atomic E-state index is 0.104. The molecule has 2 aliphatic heterocycles. The third kappa shape index (κ3) is 3.34. The monoisotopic (exact) mass is 466 g/mol. The van der Waals surface area contributed by atoms with Gasteiger partial charge < -0.3 is 14.5 Å². The standard InChI is InChI=1S/C19H16BrFN2O4S/c20-13-2-1-3-15(10-13)23-12-18(19(24)22-6-8-27-9-7-22)28(25,26)17-5-4-14(21)11-16(17)23/h1-5,10-12H,6-9H2. The molecule has 0 aliphatic carbocycles. The first-order valence-corrected chi connectivity index (χ1v) is 10.8. The first kappa shape index (κ1) is 19.1. The predicted octanol–water partition coefficient (Wildman–Crippen LogP) is 3.21. The Labute approximate surface area is 170 Å². The number of hydrogen-bond donors (Lipinski definition) is 0. The highest BCUT2D eigenvalue weighted by atomic mass is 79.9. The molecule has 0 saturated carbocycles. The zero-order valence-corrected chi connectivity index (χ0v) is 17.0. The zero-order chi connectivity index (χ0) is 19.9. The molecule has 4 rings (SSSR count). The number of fused-ring (bicyclic) bond motifs is 1. The molecular formula is C19H16BrFN2O4S. The summed E-state index contributed by atoms with van der Waals surface area (Å²) >= 11 is 3.38. The molecule has 2 heterocycles. The number of hydrogen-bond acceptors (Lipinski definition) is 5. The molecule has 146 valence electrons. The van der Waals surface area contributed by atoms with E-state index in [1.807, 2.05) is 6.07 Å². The maximum Gasteiger partial charge on any atom is 0.267 e. The van der Waals surface area contributed by atoms with Gasteiger partial charge in [-0.3, -0.25) is 4.79 Å². The van der Waals surface area contributed by atoms with Crippen LogP contribution in [0.5, 0.6) is 0 Å². The first-order valence-electron chi connectivity index (χ1n) is 8.56. The molecule has 0 aromatic heterocycles. The van der Waals surface area contributed by atoms with Crippen molar-refractivity contribution >= 4 is 43.0 Å². The summed E-state index contributed by atoms with van der Waals surface area (Å²) in [5.41, 5.74) is 0.764. The number of anilines is 2. The molecule has 1 amide bonds. The molecule has 28 heavy (non-hydrogen) atoms. The fraction of sp³-hybridized carbons (Fsp3) is 0.211. The molecule has 0 radical (unpaired) electrons. The summed E-state index contributed by atoms with van der Waals surface area (Å²) in [6.07, 6.45) is 1.27. The van der Waals surface area contributed by atoms with Crippen LogP contribution in [0, 0.1) is 5.82 Å². The number of morpholine rings is 1. The molecule has 0 spiro atoms. The van der Waals surface area contributed by atoms with Crippen LogP contribution in [0.3, 0.4) is 0 Å². The number of carbonyl (C=O) groups excluding carboxylic acids is 1. The van der Waals surface area contributed by atoms with E-state index in [1.165, 1.54) is 22.1 Å². The SMILES string of the molecule is O=C(C1=CN(c2cccc(Br)c2)c2cc(F)ccc2S1(=O)=O)N1CCOCC1. The molecule has 1 fully saturated rings. The smallest absolute Gasteiger partial charge is 0.267 e. The van der Waals surface area contributed by atoms with Gasteiger partial charge >= 0.3 is 0 Å². The summed E-state index contributed by atoms with van der Waals surface area (Å²) in [7, 11) is -4.09. The Kier molecular flexibility index (Phi) is 4.98. The van der Waals surface area contributed by atoms with Crippen molar-refractivity contribution in [2.75, 3.05) is 31.2 Å². The Hall–Kier alpha value is -2.23. The number of carbonyl (C=O) groups is 1.